The second-order valence-electron chi connectivity index (χ2n) is 7.32. The van der Waals surface area contributed by atoms with Gasteiger partial charge in [-0.2, -0.15) is 0 Å². The standard InChI is InChI=1S/C23H23N3O4S/c1-13-4-6-14(7-5-13)12-31-23-25-21-20(22(28)26-23)17(11-19(27)24-21)16-10-15(29-2)8-9-18(16)30-3/h4-10,17H,11-12H2,1-3H3,(H2,24,25,26,27,28)/t17-/m1/s1. The van der Waals surface area contributed by atoms with Gasteiger partial charge in [-0.15, -0.1) is 0 Å². The summed E-state index contributed by atoms with van der Waals surface area (Å²) < 4.78 is 10.8. The minimum absolute atomic E-state index is 0.122. The van der Waals surface area contributed by atoms with Crippen LogP contribution in [0.25, 0.3) is 0 Å². The lowest BCUT2D eigenvalue weighted by Crippen LogP contribution is -2.31. The molecule has 8 heteroatoms. The summed E-state index contributed by atoms with van der Waals surface area (Å²) in [5, 5.41) is 3.22. The number of hydrogen-bond acceptors (Lipinski definition) is 6. The summed E-state index contributed by atoms with van der Waals surface area (Å²) >= 11 is 1.42. The highest BCUT2D eigenvalue weighted by Crippen LogP contribution is 2.40. The lowest BCUT2D eigenvalue weighted by molar-refractivity contribution is -0.116. The van der Waals surface area contributed by atoms with E-state index >= 15 is 0 Å². The van der Waals surface area contributed by atoms with Crippen LogP contribution in [0.5, 0.6) is 11.5 Å². The van der Waals surface area contributed by atoms with Crippen molar-refractivity contribution in [3.63, 3.8) is 0 Å². The van der Waals surface area contributed by atoms with Gasteiger partial charge in [-0.1, -0.05) is 41.6 Å². The van der Waals surface area contributed by atoms with Crippen LogP contribution < -0.4 is 20.3 Å². The maximum atomic E-state index is 13.1. The van der Waals surface area contributed by atoms with E-state index in [1.54, 1.807) is 32.4 Å². The SMILES string of the molecule is COc1ccc(OC)c([C@H]2CC(=O)Nc3nc(SCc4ccc(C)cc4)[nH]c(=O)c32)c1. The number of nitrogens with one attached hydrogen (secondary N) is 2. The number of aromatic amines is 1. The molecule has 4 rings (SSSR count). The number of fused-ring (bicyclic) bond motifs is 1. The highest BCUT2D eigenvalue weighted by atomic mass is 32.2. The van der Waals surface area contributed by atoms with Gasteiger partial charge >= 0.3 is 0 Å². The number of benzene rings is 2. The number of anilines is 1. The summed E-state index contributed by atoms with van der Waals surface area (Å²) in [7, 11) is 3.13. The van der Waals surface area contributed by atoms with Crippen LogP contribution >= 0.6 is 11.8 Å². The average molecular weight is 438 g/mol. The van der Waals surface area contributed by atoms with E-state index in [2.05, 4.69) is 15.3 Å². The van der Waals surface area contributed by atoms with Crippen molar-refractivity contribution in [1.82, 2.24) is 9.97 Å². The Labute approximate surface area is 184 Å². The fraction of sp³-hybridized carbons (Fsp3) is 0.261. The number of thioether (sulfide) groups is 1. The van der Waals surface area contributed by atoms with Crippen LogP contribution in [-0.2, 0) is 10.5 Å². The van der Waals surface area contributed by atoms with Crippen molar-refractivity contribution in [3.05, 3.63) is 75.1 Å². The van der Waals surface area contributed by atoms with Crippen molar-refractivity contribution in [1.29, 1.82) is 0 Å². The number of hydrogen-bond donors (Lipinski definition) is 2. The largest absolute Gasteiger partial charge is 0.497 e. The van der Waals surface area contributed by atoms with Crippen LogP contribution in [0.1, 0.15) is 34.6 Å². The van der Waals surface area contributed by atoms with Gasteiger partial charge < -0.3 is 19.8 Å². The summed E-state index contributed by atoms with van der Waals surface area (Å²) in [6.45, 7) is 2.04. The van der Waals surface area contributed by atoms with E-state index < -0.39 is 5.92 Å². The summed E-state index contributed by atoms with van der Waals surface area (Å²) in [4.78, 5) is 32.9. The first-order valence-electron chi connectivity index (χ1n) is 9.83. The first kappa shape index (κ1) is 21.0. The molecule has 1 aliphatic heterocycles. The lowest BCUT2D eigenvalue weighted by Gasteiger charge is -2.26. The molecule has 7 nitrogen and oxygen atoms in total. The van der Waals surface area contributed by atoms with E-state index in [9.17, 15) is 9.59 Å². The molecule has 0 bridgehead atoms. The molecule has 3 aromatic rings. The second-order valence-corrected chi connectivity index (χ2v) is 8.28. The highest BCUT2D eigenvalue weighted by molar-refractivity contribution is 7.98. The zero-order valence-corrected chi connectivity index (χ0v) is 18.3. The van der Waals surface area contributed by atoms with Crippen molar-refractivity contribution in [2.45, 2.75) is 30.2 Å². The molecule has 2 aromatic carbocycles. The number of ether oxygens (including phenoxy) is 2. The minimum Gasteiger partial charge on any atom is -0.497 e. The molecule has 0 fully saturated rings. The van der Waals surface area contributed by atoms with E-state index in [1.807, 2.05) is 31.2 Å². The molecule has 0 aliphatic carbocycles. The van der Waals surface area contributed by atoms with Gasteiger partial charge in [0.25, 0.3) is 5.56 Å². The number of methoxy groups -OCH3 is 2. The highest BCUT2D eigenvalue weighted by Gasteiger charge is 2.33. The molecular weight excluding hydrogens is 414 g/mol. The lowest BCUT2D eigenvalue weighted by atomic mass is 9.86. The summed E-state index contributed by atoms with van der Waals surface area (Å²) in [6.07, 6.45) is 0.122. The van der Waals surface area contributed by atoms with Crippen LogP contribution in [0.3, 0.4) is 0 Å². The van der Waals surface area contributed by atoms with Gasteiger partial charge in [0.05, 0.1) is 19.8 Å². The van der Waals surface area contributed by atoms with Crippen LogP contribution in [0.4, 0.5) is 5.82 Å². The van der Waals surface area contributed by atoms with Gasteiger partial charge in [-0.05, 0) is 30.7 Å². The summed E-state index contributed by atoms with van der Waals surface area (Å²) in [6, 6.07) is 13.5. The van der Waals surface area contributed by atoms with Gasteiger partial charge in [-0.3, -0.25) is 9.59 Å². The Morgan fingerprint density at radius 2 is 1.87 bits per heavy atom. The monoisotopic (exact) mass is 437 g/mol. The quantitative estimate of drug-likeness (QED) is 0.449. The number of aryl methyl sites for hydroxylation is 1. The van der Waals surface area contributed by atoms with E-state index in [0.29, 0.717) is 39.4 Å². The molecule has 0 saturated carbocycles. The van der Waals surface area contributed by atoms with Gasteiger partial charge in [-0.25, -0.2) is 4.98 Å². The van der Waals surface area contributed by atoms with Gasteiger partial charge in [0, 0.05) is 23.7 Å². The van der Waals surface area contributed by atoms with E-state index in [4.69, 9.17) is 9.47 Å². The Hall–Kier alpha value is -3.26. The zero-order chi connectivity index (χ0) is 22.0. The Balaban J connectivity index is 1.69. The molecule has 0 spiro atoms. The molecule has 160 valence electrons. The maximum Gasteiger partial charge on any atom is 0.257 e. The van der Waals surface area contributed by atoms with Crippen LogP contribution in [0.15, 0.2) is 52.4 Å². The Morgan fingerprint density at radius 1 is 1.10 bits per heavy atom. The third kappa shape index (κ3) is 4.44. The number of carbonyl (C=O) groups is 1. The number of aromatic nitrogens is 2. The predicted molar refractivity (Wildman–Crippen MR) is 120 cm³/mol. The summed E-state index contributed by atoms with van der Waals surface area (Å²) in [5.41, 5.74) is 3.18. The molecule has 0 unspecified atom stereocenters. The van der Waals surface area contributed by atoms with Gasteiger partial charge in [0.2, 0.25) is 5.91 Å². The molecule has 1 amide bonds. The van der Waals surface area contributed by atoms with Crippen LogP contribution in [0.2, 0.25) is 0 Å². The Morgan fingerprint density at radius 3 is 2.58 bits per heavy atom. The first-order valence-corrected chi connectivity index (χ1v) is 10.8. The number of nitrogens with zero attached hydrogens (tertiary/aromatic N) is 1. The fourth-order valence-electron chi connectivity index (χ4n) is 3.63. The number of rotatable bonds is 6. The average Bonchev–Trinajstić information content (AvgIpc) is 2.77. The van der Waals surface area contributed by atoms with Crippen molar-refractivity contribution < 1.29 is 14.3 Å². The van der Waals surface area contributed by atoms with Crippen molar-refractivity contribution in [2.75, 3.05) is 19.5 Å². The molecule has 1 atom stereocenters. The first-order chi connectivity index (χ1) is 15.0. The molecule has 2 N–H and O–H groups in total. The van der Waals surface area contributed by atoms with E-state index in [1.165, 1.54) is 17.3 Å². The van der Waals surface area contributed by atoms with Crippen molar-refractivity contribution >= 4 is 23.5 Å². The normalized spacial score (nSPS) is 15.2. The van der Waals surface area contributed by atoms with Crippen molar-refractivity contribution in [3.8, 4) is 11.5 Å². The second kappa shape index (κ2) is 8.85. The molecule has 1 aliphatic rings. The number of amides is 1. The van der Waals surface area contributed by atoms with Crippen molar-refractivity contribution in [2.24, 2.45) is 0 Å². The molecular formula is C23H23N3O4S. The van der Waals surface area contributed by atoms with Gasteiger partial charge in [0.1, 0.15) is 17.3 Å². The molecule has 1 aromatic heterocycles. The minimum atomic E-state index is -0.485. The maximum absolute atomic E-state index is 13.1. The third-order valence-electron chi connectivity index (χ3n) is 5.24. The Kier molecular flexibility index (Phi) is 5.99. The summed E-state index contributed by atoms with van der Waals surface area (Å²) in [5.74, 6) is 1.47. The van der Waals surface area contributed by atoms with Crippen LogP contribution in [-0.4, -0.2) is 30.1 Å². The predicted octanol–water partition coefficient (Wildman–Crippen LogP) is 3.86. The molecule has 0 radical (unpaired) electrons. The van der Waals surface area contributed by atoms with E-state index in [0.717, 1.165) is 5.56 Å². The zero-order valence-electron chi connectivity index (χ0n) is 17.5. The number of carbonyl (C=O) groups excluding carboxylic acids is 1. The van der Waals surface area contributed by atoms with Gasteiger partial charge in [0.15, 0.2) is 5.16 Å². The van der Waals surface area contributed by atoms with E-state index in [-0.39, 0.29) is 17.9 Å². The molecule has 0 saturated heterocycles. The molecule has 2 heterocycles. The third-order valence-corrected chi connectivity index (χ3v) is 6.18. The van der Waals surface area contributed by atoms with Crippen LogP contribution in [0, 0.1) is 6.92 Å². The topological polar surface area (TPSA) is 93.3 Å². The molecule has 31 heavy (non-hydrogen) atoms. The fourth-order valence-corrected chi connectivity index (χ4v) is 4.45. The smallest absolute Gasteiger partial charge is 0.257 e. The Bertz CT molecular complexity index is 1170. The number of H-pyrrole nitrogens is 1.